The van der Waals surface area contributed by atoms with Gasteiger partial charge in [-0.25, -0.2) is 9.78 Å². The predicted molar refractivity (Wildman–Crippen MR) is 103 cm³/mol. The molecule has 0 unspecified atom stereocenters. The van der Waals surface area contributed by atoms with Crippen LogP contribution in [0, 0.1) is 5.95 Å². The molecular formula is C20H18FN5O2. The summed E-state index contributed by atoms with van der Waals surface area (Å²) in [6, 6.07) is 8.70. The van der Waals surface area contributed by atoms with E-state index < -0.39 is 5.95 Å². The zero-order valence-corrected chi connectivity index (χ0v) is 15.3. The van der Waals surface area contributed by atoms with Crippen molar-refractivity contribution in [1.82, 2.24) is 24.3 Å². The molecule has 28 heavy (non-hydrogen) atoms. The minimum absolute atomic E-state index is 0.0338. The molecule has 1 aromatic carbocycles. The fourth-order valence-electron chi connectivity index (χ4n) is 3.89. The van der Waals surface area contributed by atoms with Crippen LogP contribution >= 0.6 is 0 Å². The summed E-state index contributed by atoms with van der Waals surface area (Å²) in [5.41, 5.74) is 3.53. The van der Waals surface area contributed by atoms with Crippen molar-refractivity contribution >= 4 is 22.1 Å². The van der Waals surface area contributed by atoms with Gasteiger partial charge in [-0.3, -0.25) is 9.13 Å². The van der Waals surface area contributed by atoms with Crippen molar-refractivity contribution in [3.8, 4) is 11.1 Å². The molecule has 1 fully saturated rings. The minimum Gasteiger partial charge on any atom is -0.379 e. The smallest absolute Gasteiger partial charge is 0.330 e. The summed E-state index contributed by atoms with van der Waals surface area (Å²) >= 11 is 0. The second-order valence-electron chi connectivity index (χ2n) is 7.06. The monoisotopic (exact) mass is 379 g/mol. The van der Waals surface area contributed by atoms with Gasteiger partial charge in [-0.1, -0.05) is 6.07 Å². The first kappa shape index (κ1) is 17.0. The van der Waals surface area contributed by atoms with Gasteiger partial charge in [0, 0.05) is 30.8 Å². The normalized spacial score (nSPS) is 17.4. The summed E-state index contributed by atoms with van der Waals surface area (Å²) in [4.78, 5) is 16.7. The Balaban J connectivity index is 1.79. The first-order valence-corrected chi connectivity index (χ1v) is 9.20. The molecule has 4 heterocycles. The molecule has 7 nitrogen and oxygen atoms in total. The molecule has 142 valence electrons. The second-order valence-corrected chi connectivity index (χ2v) is 7.06. The van der Waals surface area contributed by atoms with E-state index in [9.17, 15) is 9.18 Å². The van der Waals surface area contributed by atoms with Crippen molar-refractivity contribution in [2.24, 2.45) is 7.05 Å². The van der Waals surface area contributed by atoms with Crippen LogP contribution in [0.25, 0.3) is 33.2 Å². The average molecular weight is 379 g/mol. The molecule has 1 atom stereocenters. The number of hydrogen-bond acceptors (Lipinski definition) is 5. The van der Waals surface area contributed by atoms with Crippen LogP contribution in [0.3, 0.4) is 0 Å². The van der Waals surface area contributed by atoms with E-state index in [1.54, 1.807) is 17.7 Å². The molecule has 1 saturated heterocycles. The largest absolute Gasteiger partial charge is 0.379 e. The summed E-state index contributed by atoms with van der Waals surface area (Å²) in [5, 5.41) is 9.41. The molecule has 1 aliphatic heterocycles. The number of benzene rings is 1. The van der Waals surface area contributed by atoms with Gasteiger partial charge in [-0.15, -0.1) is 10.2 Å². The van der Waals surface area contributed by atoms with Crippen LogP contribution in [0.1, 0.15) is 18.9 Å². The number of ether oxygens (including phenoxy) is 1. The highest BCUT2D eigenvalue weighted by molar-refractivity contribution is 6.02. The van der Waals surface area contributed by atoms with Gasteiger partial charge >= 0.3 is 5.69 Å². The first-order valence-electron chi connectivity index (χ1n) is 9.20. The van der Waals surface area contributed by atoms with Gasteiger partial charge < -0.3 is 4.74 Å². The number of hydrogen-bond donors (Lipinski definition) is 0. The van der Waals surface area contributed by atoms with E-state index in [1.165, 1.54) is 16.8 Å². The third kappa shape index (κ3) is 2.60. The van der Waals surface area contributed by atoms with Crippen LogP contribution in [0.4, 0.5) is 4.39 Å². The quantitative estimate of drug-likeness (QED) is 0.501. The Labute approximate surface area is 159 Å². The maximum atomic E-state index is 13.2. The SMILES string of the molecule is Cn1c(=O)n([C@@H]2CCCOC2)c2c3cc(-c4ccc(F)nc4)ccc3nnc21. The first-order chi connectivity index (χ1) is 13.6. The zero-order valence-electron chi connectivity index (χ0n) is 15.3. The fourth-order valence-corrected chi connectivity index (χ4v) is 3.89. The number of pyridine rings is 1. The van der Waals surface area contributed by atoms with Crippen molar-refractivity contribution in [3.63, 3.8) is 0 Å². The maximum absolute atomic E-state index is 13.2. The van der Waals surface area contributed by atoms with Crippen molar-refractivity contribution in [3.05, 3.63) is 53.0 Å². The standard InChI is InChI=1S/C20H18FN5O2/c1-25-19-18(26(20(25)27)14-3-2-8-28-11-14)15-9-12(4-6-16(15)23-24-19)13-5-7-17(21)22-10-13/h4-7,9-10,14H,2-3,8,11H2,1H3/t14-/m1/s1. The number of halogens is 1. The summed E-state index contributed by atoms with van der Waals surface area (Å²) < 4.78 is 22.1. The Morgan fingerprint density at radius 3 is 2.79 bits per heavy atom. The van der Waals surface area contributed by atoms with Crippen molar-refractivity contribution < 1.29 is 9.13 Å². The van der Waals surface area contributed by atoms with E-state index in [0.717, 1.165) is 41.5 Å². The number of nitrogens with zero attached hydrogens (tertiary/aromatic N) is 5. The number of aromatic nitrogens is 5. The van der Waals surface area contributed by atoms with Crippen molar-refractivity contribution in [1.29, 1.82) is 0 Å². The lowest BCUT2D eigenvalue weighted by molar-refractivity contribution is 0.0593. The maximum Gasteiger partial charge on any atom is 0.330 e. The molecule has 0 amide bonds. The molecule has 1 aliphatic rings. The van der Waals surface area contributed by atoms with Crippen LogP contribution < -0.4 is 5.69 Å². The molecule has 5 rings (SSSR count). The van der Waals surface area contributed by atoms with Gasteiger partial charge in [0.15, 0.2) is 5.65 Å². The Bertz CT molecular complexity index is 1240. The number of fused-ring (bicyclic) bond motifs is 3. The third-order valence-electron chi connectivity index (χ3n) is 5.33. The topological polar surface area (TPSA) is 74.8 Å². The molecule has 0 aliphatic carbocycles. The van der Waals surface area contributed by atoms with Crippen LogP contribution in [0.15, 0.2) is 41.3 Å². The molecular weight excluding hydrogens is 361 g/mol. The molecule has 3 aromatic heterocycles. The van der Waals surface area contributed by atoms with Gasteiger partial charge in [-0.05, 0) is 42.7 Å². The van der Waals surface area contributed by atoms with Crippen molar-refractivity contribution in [2.45, 2.75) is 18.9 Å². The summed E-state index contributed by atoms with van der Waals surface area (Å²) in [6.07, 6.45) is 3.29. The second kappa shape index (κ2) is 6.49. The van der Waals surface area contributed by atoms with E-state index in [1.807, 2.05) is 18.2 Å². The van der Waals surface area contributed by atoms with Gasteiger partial charge in [-0.2, -0.15) is 4.39 Å². The van der Waals surface area contributed by atoms with Gasteiger partial charge in [0.1, 0.15) is 5.52 Å². The van der Waals surface area contributed by atoms with Gasteiger partial charge in [0.25, 0.3) is 0 Å². The molecule has 0 bridgehead atoms. The molecule has 0 N–H and O–H groups in total. The lowest BCUT2D eigenvalue weighted by Crippen LogP contribution is -2.31. The molecule has 4 aromatic rings. The zero-order chi connectivity index (χ0) is 19.3. The Morgan fingerprint density at radius 2 is 2.04 bits per heavy atom. The van der Waals surface area contributed by atoms with Crippen LogP contribution in [-0.2, 0) is 11.8 Å². The van der Waals surface area contributed by atoms with Crippen LogP contribution in [-0.4, -0.2) is 37.5 Å². The predicted octanol–water partition coefficient (Wildman–Crippen LogP) is 2.84. The lowest BCUT2D eigenvalue weighted by Gasteiger charge is -2.23. The summed E-state index contributed by atoms with van der Waals surface area (Å²) in [6.45, 7) is 1.22. The summed E-state index contributed by atoms with van der Waals surface area (Å²) in [7, 11) is 1.71. The van der Waals surface area contributed by atoms with E-state index in [0.29, 0.717) is 17.8 Å². The van der Waals surface area contributed by atoms with Crippen LogP contribution in [0.5, 0.6) is 0 Å². The molecule has 0 spiro atoms. The van der Waals surface area contributed by atoms with Gasteiger partial charge in [0.05, 0.1) is 18.2 Å². The van der Waals surface area contributed by atoms with E-state index in [2.05, 4.69) is 15.2 Å². The molecule has 0 saturated carbocycles. The lowest BCUT2D eigenvalue weighted by atomic mass is 10.0. The van der Waals surface area contributed by atoms with Gasteiger partial charge in [0.2, 0.25) is 5.95 Å². The number of aryl methyl sites for hydroxylation is 1. The number of rotatable bonds is 2. The Morgan fingerprint density at radius 1 is 1.18 bits per heavy atom. The Hall–Kier alpha value is -3.13. The van der Waals surface area contributed by atoms with E-state index in [4.69, 9.17) is 4.74 Å². The minimum atomic E-state index is -0.521. The highest BCUT2D eigenvalue weighted by Crippen LogP contribution is 2.30. The van der Waals surface area contributed by atoms with Crippen molar-refractivity contribution in [2.75, 3.05) is 13.2 Å². The molecule has 8 heteroatoms. The van der Waals surface area contributed by atoms with E-state index >= 15 is 0 Å². The highest BCUT2D eigenvalue weighted by Gasteiger charge is 2.24. The number of imidazole rings is 1. The van der Waals surface area contributed by atoms with E-state index in [-0.39, 0.29) is 11.7 Å². The molecule has 0 radical (unpaired) electrons. The third-order valence-corrected chi connectivity index (χ3v) is 5.33. The fraction of sp³-hybridized carbons (Fsp3) is 0.300. The average Bonchev–Trinajstić information content (AvgIpc) is 3.00. The summed E-state index contributed by atoms with van der Waals surface area (Å²) in [5.74, 6) is -0.521. The van der Waals surface area contributed by atoms with Crippen LogP contribution in [0.2, 0.25) is 0 Å². The Kier molecular flexibility index (Phi) is 3.94. The highest BCUT2D eigenvalue weighted by atomic mass is 19.1.